The number of nitrogens with zero attached hydrogens (tertiary/aromatic N) is 2. The van der Waals surface area contributed by atoms with Crippen molar-refractivity contribution >= 4 is 15.9 Å². The molecule has 19 heavy (non-hydrogen) atoms. The zero-order valence-electron chi connectivity index (χ0n) is 11.0. The van der Waals surface area contributed by atoms with Crippen molar-refractivity contribution < 1.29 is 8.42 Å². The summed E-state index contributed by atoms with van der Waals surface area (Å²) in [7, 11) is -3.41. The normalized spacial score (nSPS) is 11.7. The summed E-state index contributed by atoms with van der Waals surface area (Å²) in [5.41, 5.74) is 6.03. The summed E-state index contributed by atoms with van der Waals surface area (Å²) in [6.07, 6.45) is 2.69. The van der Waals surface area contributed by atoms with E-state index in [0.717, 1.165) is 5.69 Å². The van der Waals surface area contributed by atoms with Crippen molar-refractivity contribution in [1.29, 1.82) is 5.41 Å². The molecule has 0 atom stereocenters. The predicted molar refractivity (Wildman–Crippen MR) is 75.5 cm³/mol. The molecule has 0 radical (unpaired) electrons. The highest BCUT2D eigenvalue weighted by Crippen LogP contribution is 2.06. The number of rotatable bonds is 8. The minimum Gasteiger partial charge on any atom is -0.387 e. The first-order valence-corrected chi connectivity index (χ1v) is 7.77. The molecule has 7 heteroatoms. The van der Waals surface area contributed by atoms with Gasteiger partial charge in [0.25, 0.3) is 0 Å². The topological polar surface area (TPSA) is 100 Å². The number of amidine groups is 1. The molecule has 0 saturated heterocycles. The molecule has 3 N–H and O–H groups in total. The van der Waals surface area contributed by atoms with E-state index in [1.807, 2.05) is 13.0 Å². The van der Waals surface area contributed by atoms with Crippen molar-refractivity contribution in [2.45, 2.75) is 19.8 Å². The van der Waals surface area contributed by atoms with E-state index < -0.39 is 10.0 Å². The van der Waals surface area contributed by atoms with Gasteiger partial charge in [-0.3, -0.25) is 10.4 Å². The van der Waals surface area contributed by atoms with E-state index >= 15 is 0 Å². The van der Waals surface area contributed by atoms with Crippen LogP contribution in [0, 0.1) is 5.41 Å². The lowest BCUT2D eigenvalue weighted by Crippen LogP contribution is -2.40. The molecule has 0 aliphatic heterocycles. The largest absolute Gasteiger partial charge is 0.387 e. The van der Waals surface area contributed by atoms with Gasteiger partial charge >= 0.3 is 0 Å². The Morgan fingerprint density at radius 2 is 2.21 bits per heavy atom. The standard InChI is InChI=1S/C12H20N4O2S/c1-2-8-16(10-12(13)14)19(17,18)9-6-11-5-3-4-7-15-11/h3-5,7H,2,6,8-10H2,1H3,(H3,13,14). The third-order valence-electron chi connectivity index (χ3n) is 2.56. The zero-order valence-corrected chi connectivity index (χ0v) is 11.9. The molecule has 106 valence electrons. The number of nitrogens with two attached hydrogens (primary N) is 1. The van der Waals surface area contributed by atoms with Crippen LogP contribution in [0.1, 0.15) is 19.0 Å². The van der Waals surface area contributed by atoms with Crippen LogP contribution in [-0.4, -0.2) is 42.4 Å². The minimum absolute atomic E-state index is 0.0166. The summed E-state index contributed by atoms with van der Waals surface area (Å²) >= 11 is 0. The van der Waals surface area contributed by atoms with E-state index in [0.29, 0.717) is 19.4 Å². The van der Waals surface area contributed by atoms with Crippen LogP contribution in [0.4, 0.5) is 0 Å². The maximum absolute atomic E-state index is 12.2. The summed E-state index contributed by atoms with van der Waals surface area (Å²) in [6, 6.07) is 5.41. The number of aryl methyl sites for hydroxylation is 1. The Hall–Kier alpha value is -1.47. The van der Waals surface area contributed by atoms with Crippen molar-refractivity contribution in [3.8, 4) is 0 Å². The lowest BCUT2D eigenvalue weighted by atomic mass is 10.3. The van der Waals surface area contributed by atoms with Crippen LogP contribution < -0.4 is 5.73 Å². The average Bonchev–Trinajstić information content (AvgIpc) is 2.37. The van der Waals surface area contributed by atoms with Crippen LogP contribution >= 0.6 is 0 Å². The van der Waals surface area contributed by atoms with E-state index in [1.54, 1.807) is 18.3 Å². The van der Waals surface area contributed by atoms with E-state index in [-0.39, 0.29) is 18.1 Å². The smallest absolute Gasteiger partial charge is 0.214 e. The number of hydrogen-bond donors (Lipinski definition) is 2. The van der Waals surface area contributed by atoms with Gasteiger partial charge in [-0.15, -0.1) is 0 Å². The third kappa shape index (κ3) is 5.35. The molecular formula is C12H20N4O2S. The van der Waals surface area contributed by atoms with E-state index in [4.69, 9.17) is 11.1 Å². The SMILES string of the molecule is CCCN(CC(=N)N)S(=O)(=O)CCc1ccccn1. The Kier molecular flexibility index (Phi) is 5.91. The quantitative estimate of drug-likeness (QED) is 0.539. The van der Waals surface area contributed by atoms with E-state index in [9.17, 15) is 8.42 Å². The molecule has 0 aliphatic carbocycles. The monoisotopic (exact) mass is 284 g/mol. The highest BCUT2D eigenvalue weighted by molar-refractivity contribution is 7.89. The van der Waals surface area contributed by atoms with Crippen LogP contribution in [0.5, 0.6) is 0 Å². The highest BCUT2D eigenvalue weighted by Gasteiger charge is 2.21. The fraction of sp³-hybridized carbons (Fsp3) is 0.500. The molecule has 1 aromatic rings. The number of hydrogen-bond acceptors (Lipinski definition) is 4. The Labute approximate surface area is 114 Å². The molecule has 0 bridgehead atoms. The van der Waals surface area contributed by atoms with Crippen LogP contribution in [-0.2, 0) is 16.4 Å². The number of pyridine rings is 1. The number of aromatic nitrogens is 1. The van der Waals surface area contributed by atoms with Gasteiger partial charge in [0.2, 0.25) is 10.0 Å². The summed E-state index contributed by atoms with van der Waals surface area (Å²) in [5, 5.41) is 7.24. The molecule has 0 fully saturated rings. The van der Waals surface area contributed by atoms with E-state index in [1.165, 1.54) is 4.31 Å². The molecule has 6 nitrogen and oxygen atoms in total. The van der Waals surface area contributed by atoms with Gasteiger partial charge in [-0.05, 0) is 18.6 Å². The Morgan fingerprint density at radius 1 is 1.47 bits per heavy atom. The second-order valence-electron chi connectivity index (χ2n) is 4.25. The zero-order chi connectivity index (χ0) is 14.3. The van der Waals surface area contributed by atoms with Crippen molar-refractivity contribution in [1.82, 2.24) is 9.29 Å². The second-order valence-corrected chi connectivity index (χ2v) is 6.33. The van der Waals surface area contributed by atoms with Crippen molar-refractivity contribution in [3.05, 3.63) is 30.1 Å². The fourth-order valence-corrected chi connectivity index (χ4v) is 3.19. The van der Waals surface area contributed by atoms with Gasteiger partial charge in [0.15, 0.2) is 0 Å². The molecule has 1 heterocycles. The van der Waals surface area contributed by atoms with Gasteiger partial charge in [0.05, 0.1) is 12.3 Å². The van der Waals surface area contributed by atoms with Gasteiger partial charge in [-0.25, -0.2) is 8.42 Å². The molecule has 0 spiro atoms. The molecular weight excluding hydrogens is 264 g/mol. The first-order valence-electron chi connectivity index (χ1n) is 6.16. The van der Waals surface area contributed by atoms with E-state index in [2.05, 4.69) is 4.98 Å². The Bertz CT molecular complexity index is 502. The first kappa shape index (κ1) is 15.6. The van der Waals surface area contributed by atoms with Crippen LogP contribution in [0.2, 0.25) is 0 Å². The van der Waals surface area contributed by atoms with Gasteiger partial charge in [-0.2, -0.15) is 4.31 Å². The molecule has 1 aromatic heterocycles. The molecule has 1 rings (SSSR count). The Morgan fingerprint density at radius 3 is 2.74 bits per heavy atom. The van der Waals surface area contributed by atoms with Gasteiger partial charge in [0, 0.05) is 24.9 Å². The second kappa shape index (κ2) is 7.20. The number of nitrogens with one attached hydrogen (secondary N) is 1. The molecule has 0 aromatic carbocycles. The van der Waals surface area contributed by atoms with Gasteiger partial charge < -0.3 is 5.73 Å². The summed E-state index contributed by atoms with van der Waals surface area (Å²) in [4.78, 5) is 4.10. The maximum Gasteiger partial charge on any atom is 0.214 e. The molecule has 0 unspecified atom stereocenters. The maximum atomic E-state index is 12.2. The number of sulfonamides is 1. The lowest BCUT2D eigenvalue weighted by Gasteiger charge is -2.20. The average molecular weight is 284 g/mol. The third-order valence-corrected chi connectivity index (χ3v) is 4.37. The molecule has 0 saturated carbocycles. The van der Waals surface area contributed by atoms with Crippen LogP contribution in [0.15, 0.2) is 24.4 Å². The fourth-order valence-electron chi connectivity index (χ4n) is 1.66. The van der Waals surface area contributed by atoms with Gasteiger partial charge in [0.1, 0.15) is 5.84 Å². The summed E-state index contributed by atoms with van der Waals surface area (Å²) in [5.74, 6) is -0.160. The predicted octanol–water partition coefficient (Wildman–Crippen LogP) is 0.602. The molecule has 0 aliphatic rings. The lowest BCUT2D eigenvalue weighted by molar-refractivity contribution is 0.447. The van der Waals surface area contributed by atoms with Crippen LogP contribution in [0.3, 0.4) is 0 Å². The Balaban J connectivity index is 2.69. The highest BCUT2D eigenvalue weighted by atomic mass is 32.2. The van der Waals surface area contributed by atoms with Gasteiger partial charge in [-0.1, -0.05) is 13.0 Å². The van der Waals surface area contributed by atoms with Crippen molar-refractivity contribution in [2.24, 2.45) is 5.73 Å². The van der Waals surface area contributed by atoms with Crippen molar-refractivity contribution in [2.75, 3.05) is 18.8 Å². The van der Waals surface area contributed by atoms with Crippen molar-refractivity contribution in [3.63, 3.8) is 0 Å². The summed E-state index contributed by atoms with van der Waals surface area (Å²) in [6.45, 7) is 2.23. The first-order chi connectivity index (χ1) is 8.95. The summed E-state index contributed by atoms with van der Waals surface area (Å²) < 4.78 is 25.6. The molecule has 0 amide bonds. The minimum atomic E-state index is -3.41. The van der Waals surface area contributed by atoms with Crippen LogP contribution in [0.25, 0.3) is 0 Å².